The van der Waals surface area contributed by atoms with Gasteiger partial charge in [0, 0.05) is 39.7 Å². The number of carbonyl (C=O) groups is 2. The summed E-state index contributed by atoms with van der Waals surface area (Å²) in [4.78, 5) is 24.7. The summed E-state index contributed by atoms with van der Waals surface area (Å²) < 4.78 is 36.1. The van der Waals surface area contributed by atoms with E-state index in [-0.39, 0.29) is 24.9 Å². The van der Waals surface area contributed by atoms with E-state index in [1.54, 1.807) is 19.1 Å². The fraction of sp³-hybridized carbons (Fsp3) is 0.600. The van der Waals surface area contributed by atoms with Crippen molar-refractivity contribution < 1.29 is 32.3 Å². The van der Waals surface area contributed by atoms with Crippen molar-refractivity contribution >= 4 is 21.9 Å². The maximum atomic E-state index is 12.5. The molecule has 1 aromatic rings. The number of nitrogens with zero attached hydrogens (tertiary/aromatic N) is 2. The molecule has 1 saturated heterocycles. The van der Waals surface area contributed by atoms with Crippen LogP contribution in [-0.4, -0.2) is 75.0 Å². The maximum absolute atomic E-state index is 12.5. The molecule has 10 heteroatoms. The zero-order chi connectivity index (χ0) is 18.6. The number of amides is 1. The Hall–Kier alpha value is -1.91. The largest absolute Gasteiger partial charge is 0.475 e. The van der Waals surface area contributed by atoms with Gasteiger partial charge in [-0.3, -0.25) is 4.79 Å². The number of likely N-dealkylation sites (N-methyl/N-ethyl adjacent to an activating group) is 1. The van der Waals surface area contributed by atoms with E-state index in [0.29, 0.717) is 26.0 Å². The Bertz CT molecular complexity index is 720. The van der Waals surface area contributed by atoms with Crippen molar-refractivity contribution in [3.63, 3.8) is 0 Å². The molecule has 1 aliphatic rings. The number of methoxy groups -OCH3 is 1. The van der Waals surface area contributed by atoms with E-state index >= 15 is 0 Å². The molecule has 2 rings (SSSR count). The van der Waals surface area contributed by atoms with Crippen LogP contribution in [0.2, 0.25) is 0 Å². The van der Waals surface area contributed by atoms with Crippen molar-refractivity contribution in [1.29, 1.82) is 0 Å². The molecule has 2 heterocycles. The van der Waals surface area contributed by atoms with Gasteiger partial charge >= 0.3 is 5.97 Å². The summed E-state index contributed by atoms with van der Waals surface area (Å²) in [5, 5.41) is 8.43. The van der Waals surface area contributed by atoms with Crippen LogP contribution < -0.4 is 0 Å². The number of sulfonamides is 1. The van der Waals surface area contributed by atoms with E-state index in [1.807, 2.05) is 0 Å². The lowest BCUT2D eigenvalue weighted by Gasteiger charge is -2.31. The Morgan fingerprint density at radius 2 is 2.00 bits per heavy atom. The molecule has 140 valence electrons. The normalized spacial score (nSPS) is 16.7. The Balaban J connectivity index is 1.98. The number of furan rings is 1. The molecule has 0 unspecified atom stereocenters. The molecular formula is C15H22N2O7S. The second-order valence-corrected chi connectivity index (χ2v) is 7.72. The highest BCUT2D eigenvalue weighted by atomic mass is 32.2. The van der Waals surface area contributed by atoms with Crippen LogP contribution in [0.15, 0.2) is 21.6 Å². The van der Waals surface area contributed by atoms with Crippen LogP contribution in [0.5, 0.6) is 0 Å². The summed E-state index contributed by atoms with van der Waals surface area (Å²) in [6, 6.07) is 2.24. The van der Waals surface area contributed by atoms with Crippen LogP contribution in [0.25, 0.3) is 0 Å². The highest BCUT2D eigenvalue weighted by molar-refractivity contribution is 7.89. The average molecular weight is 374 g/mol. The fourth-order valence-corrected chi connectivity index (χ4v) is 4.08. The smallest absolute Gasteiger partial charge is 0.371 e. The lowest BCUT2D eigenvalue weighted by molar-refractivity contribution is -0.135. The third kappa shape index (κ3) is 4.39. The van der Waals surface area contributed by atoms with Crippen LogP contribution in [0.4, 0.5) is 0 Å². The van der Waals surface area contributed by atoms with Gasteiger partial charge in [-0.2, -0.15) is 4.31 Å². The van der Waals surface area contributed by atoms with Gasteiger partial charge in [0.15, 0.2) is 0 Å². The number of aromatic carboxylic acids is 1. The molecule has 0 aromatic carbocycles. The van der Waals surface area contributed by atoms with Crippen LogP contribution >= 0.6 is 0 Å². The summed E-state index contributed by atoms with van der Waals surface area (Å²) in [6.45, 7) is 1.29. The lowest BCUT2D eigenvalue weighted by Crippen LogP contribution is -2.43. The van der Waals surface area contributed by atoms with Crippen molar-refractivity contribution in [1.82, 2.24) is 9.21 Å². The molecule has 0 saturated carbocycles. The predicted octanol–water partition coefficient (Wildman–Crippen LogP) is 0.483. The first-order valence-electron chi connectivity index (χ1n) is 7.84. The molecule has 9 nitrogen and oxygen atoms in total. The predicted molar refractivity (Wildman–Crippen MR) is 86.7 cm³/mol. The molecule has 1 aromatic heterocycles. The van der Waals surface area contributed by atoms with Gasteiger partial charge in [-0.15, -0.1) is 0 Å². The number of rotatable bonds is 7. The fourth-order valence-electron chi connectivity index (χ4n) is 2.69. The third-order valence-corrected chi connectivity index (χ3v) is 5.97. The van der Waals surface area contributed by atoms with E-state index in [9.17, 15) is 18.0 Å². The molecular weight excluding hydrogens is 352 g/mol. The van der Waals surface area contributed by atoms with Gasteiger partial charge in [0.2, 0.25) is 16.8 Å². The first-order valence-corrected chi connectivity index (χ1v) is 9.28. The Kier molecular flexibility index (Phi) is 6.20. The van der Waals surface area contributed by atoms with Gasteiger partial charge < -0.3 is 19.2 Å². The Labute approximate surface area is 146 Å². The van der Waals surface area contributed by atoms with Gasteiger partial charge in [-0.25, -0.2) is 13.2 Å². The summed E-state index contributed by atoms with van der Waals surface area (Å²) >= 11 is 0. The van der Waals surface area contributed by atoms with Gasteiger partial charge in [-0.05, 0) is 25.0 Å². The average Bonchev–Trinajstić information content (AvgIpc) is 3.10. The molecule has 1 fully saturated rings. The van der Waals surface area contributed by atoms with Crippen molar-refractivity contribution in [3.8, 4) is 0 Å². The second kappa shape index (κ2) is 7.98. The minimum Gasteiger partial charge on any atom is -0.475 e. The quantitative estimate of drug-likeness (QED) is 0.738. The number of carboxylic acids is 1. The molecule has 0 spiro atoms. The van der Waals surface area contributed by atoms with E-state index in [4.69, 9.17) is 14.3 Å². The van der Waals surface area contributed by atoms with Crippen molar-refractivity contribution in [2.45, 2.75) is 17.9 Å². The highest BCUT2D eigenvalue weighted by Crippen LogP contribution is 2.26. The molecule has 0 aliphatic carbocycles. The SMILES string of the molecule is COCCN(C)C(=O)C1CCN(S(=O)(=O)c2ccc(C(=O)O)o2)CC1. The highest BCUT2D eigenvalue weighted by Gasteiger charge is 2.35. The molecule has 25 heavy (non-hydrogen) atoms. The number of piperidine rings is 1. The zero-order valence-corrected chi connectivity index (χ0v) is 15.0. The van der Waals surface area contributed by atoms with Crippen molar-refractivity contribution in [3.05, 3.63) is 17.9 Å². The van der Waals surface area contributed by atoms with Gasteiger partial charge in [0.05, 0.1) is 6.61 Å². The van der Waals surface area contributed by atoms with Crippen molar-refractivity contribution in [2.24, 2.45) is 5.92 Å². The molecule has 1 aliphatic heterocycles. The van der Waals surface area contributed by atoms with E-state index in [0.717, 1.165) is 12.1 Å². The van der Waals surface area contributed by atoms with Gasteiger partial charge in [-0.1, -0.05) is 0 Å². The van der Waals surface area contributed by atoms with Gasteiger partial charge in [0.1, 0.15) is 0 Å². The minimum atomic E-state index is -3.90. The summed E-state index contributed by atoms with van der Waals surface area (Å²) in [5.74, 6) is -2.02. The molecule has 0 bridgehead atoms. The molecule has 0 atom stereocenters. The molecule has 1 N–H and O–H groups in total. The minimum absolute atomic E-state index is 0.0275. The Morgan fingerprint density at radius 3 is 2.52 bits per heavy atom. The van der Waals surface area contributed by atoms with E-state index < -0.39 is 26.8 Å². The first kappa shape index (κ1) is 19.4. The van der Waals surface area contributed by atoms with Crippen LogP contribution in [-0.2, 0) is 19.6 Å². The number of ether oxygens (including phenoxy) is 1. The third-order valence-electron chi connectivity index (χ3n) is 4.20. The topological polar surface area (TPSA) is 117 Å². The van der Waals surface area contributed by atoms with E-state index in [1.165, 1.54) is 4.31 Å². The monoisotopic (exact) mass is 374 g/mol. The Morgan fingerprint density at radius 1 is 1.36 bits per heavy atom. The van der Waals surface area contributed by atoms with Crippen LogP contribution in [0, 0.1) is 5.92 Å². The number of carbonyl (C=O) groups excluding carboxylic acids is 1. The molecule has 1 amide bonds. The number of hydrogen-bond donors (Lipinski definition) is 1. The number of hydrogen-bond acceptors (Lipinski definition) is 6. The zero-order valence-electron chi connectivity index (χ0n) is 14.2. The summed E-state index contributed by atoms with van der Waals surface area (Å²) in [5.41, 5.74) is 0. The van der Waals surface area contributed by atoms with Crippen LogP contribution in [0.3, 0.4) is 0 Å². The molecule has 0 radical (unpaired) electrons. The summed E-state index contributed by atoms with van der Waals surface area (Å²) in [6.07, 6.45) is 0.809. The second-order valence-electron chi connectivity index (χ2n) is 5.85. The lowest BCUT2D eigenvalue weighted by atomic mass is 9.97. The summed E-state index contributed by atoms with van der Waals surface area (Å²) in [7, 11) is -0.643. The standard InChI is InChI=1S/C15H22N2O7S/c1-16(9-10-23-2)14(18)11-5-7-17(8-6-11)25(21,22)13-4-3-12(24-13)15(19)20/h3-4,11H,5-10H2,1-2H3,(H,19,20). The van der Waals surface area contributed by atoms with Gasteiger partial charge in [0.25, 0.3) is 10.0 Å². The first-order chi connectivity index (χ1) is 11.8. The maximum Gasteiger partial charge on any atom is 0.371 e. The number of carboxylic acid groups (broad SMARTS) is 1. The van der Waals surface area contributed by atoms with Crippen molar-refractivity contribution in [2.75, 3.05) is 40.4 Å². The van der Waals surface area contributed by atoms with Crippen LogP contribution in [0.1, 0.15) is 23.4 Å². The van der Waals surface area contributed by atoms with E-state index in [2.05, 4.69) is 0 Å².